The Bertz CT molecular complexity index is 646. The predicted octanol–water partition coefficient (Wildman–Crippen LogP) is 4.12. The van der Waals surface area contributed by atoms with Crippen molar-refractivity contribution in [3.05, 3.63) is 63.1 Å². The number of hydrogen-bond acceptors (Lipinski definition) is 2. The molecule has 0 aliphatic rings. The molecule has 0 bridgehead atoms. The van der Waals surface area contributed by atoms with Gasteiger partial charge in [-0.3, -0.25) is 0 Å². The third-order valence-corrected chi connectivity index (χ3v) is 3.75. The second kappa shape index (κ2) is 7.00. The number of ether oxygens (including phenoxy) is 1. The molecule has 112 valence electrons. The van der Waals surface area contributed by atoms with Crippen molar-refractivity contribution in [3.63, 3.8) is 0 Å². The lowest BCUT2D eigenvalue weighted by Gasteiger charge is -2.13. The highest BCUT2D eigenvalue weighted by Gasteiger charge is 2.14. The van der Waals surface area contributed by atoms with Crippen LogP contribution in [0.15, 0.2) is 34.8 Å². The number of benzene rings is 2. The molecule has 2 nitrogen and oxygen atoms in total. The van der Waals surface area contributed by atoms with Crippen LogP contribution >= 0.6 is 15.9 Å². The van der Waals surface area contributed by atoms with E-state index in [2.05, 4.69) is 15.9 Å². The maximum atomic E-state index is 13.9. The van der Waals surface area contributed by atoms with E-state index in [0.29, 0.717) is 18.7 Å². The first kappa shape index (κ1) is 15.9. The molecule has 0 radical (unpaired) electrons. The molecule has 0 atom stereocenters. The number of aryl methyl sites for hydroxylation is 1. The van der Waals surface area contributed by atoms with E-state index >= 15 is 0 Å². The van der Waals surface area contributed by atoms with Gasteiger partial charge in [0.05, 0.1) is 10.0 Å². The SMILES string of the molecule is Cc1ccc(OCc2c(F)ccc(Br)c2F)c(CCN)c1. The Hall–Kier alpha value is -1.46. The highest BCUT2D eigenvalue weighted by atomic mass is 79.9. The molecule has 2 aromatic rings. The zero-order chi connectivity index (χ0) is 15.4. The van der Waals surface area contributed by atoms with E-state index in [9.17, 15) is 8.78 Å². The van der Waals surface area contributed by atoms with Crippen molar-refractivity contribution in [1.82, 2.24) is 0 Å². The quantitative estimate of drug-likeness (QED) is 0.819. The van der Waals surface area contributed by atoms with Gasteiger partial charge in [-0.1, -0.05) is 17.7 Å². The summed E-state index contributed by atoms with van der Waals surface area (Å²) in [7, 11) is 0. The zero-order valence-electron chi connectivity index (χ0n) is 11.6. The molecule has 0 aromatic heterocycles. The van der Waals surface area contributed by atoms with Gasteiger partial charge in [-0.2, -0.15) is 0 Å². The fraction of sp³-hybridized carbons (Fsp3) is 0.250. The molecule has 2 aromatic carbocycles. The summed E-state index contributed by atoms with van der Waals surface area (Å²) in [5.74, 6) is -0.657. The molecule has 0 fully saturated rings. The zero-order valence-corrected chi connectivity index (χ0v) is 13.2. The Kier molecular flexibility index (Phi) is 5.31. The standard InChI is InChI=1S/C16H16BrF2NO/c1-10-2-5-15(11(8-10)6-7-20)21-9-12-14(18)4-3-13(17)16(12)19/h2-5,8H,6-7,9,20H2,1H3. The summed E-state index contributed by atoms with van der Waals surface area (Å²) in [6.45, 7) is 2.29. The lowest BCUT2D eigenvalue weighted by molar-refractivity contribution is 0.289. The number of rotatable bonds is 5. The maximum Gasteiger partial charge on any atom is 0.146 e. The van der Waals surface area contributed by atoms with Gasteiger partial charge in [0.25, 0.3) is 0 Å². The van der Waals surface area contributed by atoms with Crippen molar-refractivity contribution in [2.45, 2.75) is 20.0 Å². The van der Waals surface area contributed by atoms with E-state index < -0.39 is 11.6 Å². The summed E-state index contributed by atoms with van der Waals surface area (Å²) in [6, 6.07) is 8.20. The van der Waals surface area contributed by atoms with E-state index in [1.807, 2.05) is 19.1 Å². The second-order valence-electron chi connectivity index (χ2n) is 4.76. The van der Waals surface area contributed by atoms with Crippen LogP contribution in [0.3, 0.4) is 0 Å². The van der Waals surface area contributed by atoms with Crippen LogP contribution in [0.5, 0.6) is 5.75 Å². The van der Waals surface area contributed by atoms with E-state index in [0.717, 1.165) is 11.1 Å². The molecular weight excluding hydrogens is 340 g/mol. The van der Waals surface area contributed by atoms with Crippen molar-refractivity contribution in [1.29, 1.82) is 0 Å². The molecule has 0 aliphatic heterocycles. The minimum atomic E-state index is -0.637. The van der Waals surface area contributed by atoms with Crippen LogP contribution in [-0.4, -0.2) is 6.54 Å². The number of hydrogen-bond donors (Lipinski definition) is 1. The van der Waals surface area contributed by atoms with Gasteiger partial charge in [0.15, 0.2) is 0 Å². The topological polar surface area (TPSA) is 35.2 Å². The van der Waals surface area contributed by atoms with Crippen molar-refractivity contribution in [3.8, 4) is 5.75 Å². The minimum Gasteiger partial charge on any atom is -0.488 e. The molecular formula is C16H16BrF2NO. The third kappa shape index (κ3) is 3.80. The number of nitrogens with two attached hydrogens (primary N) is 1. The Labute approximate surface area is 131 Å². The Balaban J connectivity index is 2.23. The molecule has 0 unspecified atom stereocenters. The van der Waals surface area contributed by atoms with Crippen LogP contribution in [0.1, 0.15) is 16.7 Å². The molecule has 0 amide bonds. The van der Waals surface area contributed by atoms with E-state index in [1.54, 1.807) is 6.07 Å². The van der Waals surface area contributed by atoms with Gasteiger partial charge < -0.3 is 10.5 Å². The molecule has 21 heavy (non-hydrogen) atoms. The van der Waals surface area contributed by atoms with Crippen LogP contribution in [0.25, 0.3) is 0 Å². The van der Waals surface area contributed by atoms with Gasteiger partial charge in [0.2, 0.25) is 0 Å². The maximum absolute atomic E-state index is 13.9. The second-order valence-corrected chi connectivity index (χ2v) is 5.61. The van der Waals surface area contributed by atoms with Crippen LogP contribution in [0, 0.1) is 18.6 Å². The van der Waals surface area contributed by atoms with E-state index in [-0.39, 0.29) is 16.6 Å². The summed E-state index contributed by atoms with van der Waals surface area (Å²) in [5, 5.41) is 0. The van der Waals surface area contributed by atoms with Gasteiger partial charge in [0.1, 0.15) is 24.0 Å². The van der Waals surface area contributed by atoms with Crippen LogP contribution in [-0.2, 0) is 13.0 Å². The molecule has 0 heterocycles. The fourth-order valence-corrected chi connectivity index (χ4v) is 2.42. The molecule has 5 heteroatoms. The summed E-state index contributed by atoms with van der Waals surface area (Å²) >= 11 is 3.04. The van der Waals surface area contributed by atoms with Crippen LogP contribution in [0.4, 0.5) is 8.78 Å². The molecule has 0 saturated carbocycles. The lowest BCUT2D eigenvalue weighted by Crippen LogP contribution is -2.07. The summed E-state index contributed by atoms with van der Waals surface area (Å²) in [5.41, 5.74) is 7.51. The third-order valence-electron chi connectivity index (χ3n) is 3.14. The van der Waals surface area contributed by atoms with E-state index in [1.165, 1.54) is 12.1 Å². The highest BCUT2D eigenvalue weighted by molar-refractivity contribution is 9.10. The average Bonchev–Trinajstić information content (AvgIpc) is 2.45. The van der Waals surface area contributed by atoms with Crippen molar-refractivity contribution >= 4 is 15.9 Å². The minimum absolute atomic E-state index is 0.0938. The molecule has 0 aliphatic carbocycles. The van der Waals surface area contributed by atoms with Gasteiger partial charge in [-0.05, 0) is 59.6 Å². The molecule has 2 rings (SSSR count). The Morgan fingerprint density at radius 3 is 2.67 bits per heavy atom. The van der Waals surface area contributed by atoms with Gasteiger partial charge in [-0.15, -0.1) is 0 Å². The van der Waals surface area contributed by atoms with Crippen molar-refractivity contribution < 1.29 is 13.5 Å². The smallest absolute Gasteiger partial charge is 0.146 e. The molecule has 0 saturated heterocycles. The van der Waals surface area contributed by atoms with Gasteiger partial charge in [-0.25, -0.2) is 8.78 Å². The van der Waals surface area contributed by atoms with Crippen LogP contribution in [0.2, 0.25) is 0 Å². The largest absolute Gasteiger partial charge is 0.488 e. The predicted molar refractivity (Wildman–Crippen MR) is 82.3 cm³/mol. The highest BCUT2D eigenvalue weighted by Crippen LogP contribution is 2.25. The molecule has 0 spiro atoms. The first-order chi connectivity index (χ1) is 10.0. The van der Waals surface area contributed by atoms with Crippen molar-refractivity contribution in [2.24, 2.45) is 5.73 Å². The normalized spacial score (nSPS) is 10.7. The average molecular weight is 356 g/mol. The van der Waals surface area contributed by atoms with Crippen molar-refractivity contribution in [2.75, 3.05) is 6.54 Å². The lowest BCUT2D eigenvalue weighted by atomic mass is 10.1. The van der Waals surface area contributed by atoms with Gasteiger partial charge >= 0.3 is 0 Å². The summed E-state index contributed by atoms with van der Waals surface area (Å²) in [6.07, 6.45) is 0.653. The number of halogens is 3. The van der Waals surface area contributed by atoms with Gasteiger partial charge in [0, 0.05) is 0 Å². The van der Waals surface area contributed by atoms with Crippen LogP contribution < -0.4 is 10.5 Å². The summed E-state index contributed by atoms with van der Waals surface area (Å²) < 4.78 is 33.4. The Morgan fingerprint density at radius 1 is 1.19 bits per heavy atom. The fourth-order valence-electron chi connectivity index (χ4n) is 2.05. The summed E-state index contributed by atoms with van der Waals surface area (Å²) in [4.78, 5) is 0. The van der Waals surface area contributed by atoms with E-state index in [4.69, 9.17) is 10.5 Å². The Morgan fingerprint density at radius 2 is 1.95 bits per heavy atom. The monoisotopic (exact) mass is 355 g/mol. The molecule has 2 N–H and O–H groups in total. The first-order valence-electron chi connectivity index (χ1n) is 6.57. The first-order valence-corrected chi connectivity index (χ1v) is 7.37.